The first-order valence-electron chi connectivity index (χ1n) is 11.7. The maximum Gasteiger partial charge on any atom is 0.314 e. The van der Waals surface area contributed by atoms with Crippen molar-refractivity contribution in [2.24, 2.45) is 29.4 Å². The second-order valence-corrected chi connectivity index (χ2v) is 9.32. The lowest BCUT2D eigenvalue weighted by atomic mass is 9.74. The zero-order chi connectivity index (χ0) is 21.5. The maximum absolute atomic E-state index is 13.7. The summed E-state index contributed by atoms with van der Waals surface area (Å²) < 4.78 is 19.1. The van der Waals surface area contributed by atoms with Crippen molar-refractivity contribution in [1.29, 1.82) is 5.26 Å². The van der Waals surface area contributed by atoms with E-state index in [0.29, 0.717) is 12.0 Å². The van der Waals surface area contributed by atoms with E-state index in [2.05, 4.69) is 6.92 Å². The SMILES string of the molecule is CCC(N)C1CCC(CCC2CCC(C(=O)Oc3ccc(C#N)c(F)c3)CC2)CC1. The van der Waals surface area contributed by atoms with E-state index in [0.717, 1.165) is 50.0 Å². The number of nitrogens with two attached hydrogens (primary N) is 1. The second kappa shape index (κ2) is 10.9. The number of carbonyl (C=O) groups excluding carboxylic acids is 1. The van der Waals surface area contributed by atoms with Crippen molar-refractivity contribution in [3.63, 3.8) is 0 Å². The summed E-state index contributed by atoms with van der Waals surface area (Å²) in [5, 5.41) is 8.79. The Morgan fingerprint density at radius 3 is 2.27 bits per heavy atom. The molecule has 1 atom stereocenters. The van der Waals surface area contributed by atoms with Gasteiger partial charge in [-0.25, -0.2) is 4.39 Å². The number of hydrogen-bond acceptors (Lipinski definition) is 4. The molecule has 1 unspecified atom stereocenters. The van der Waals surface area contributed by atoms with Crippen LogP contribution in [0.5, 0.6) is 5.75 Å². The van der Waals surface area contributed by atoms with Crippen LogP contribution in [0.3, 0.4) is 0 Å². The second-order valence-electron chi connectivity index (χ2n) is 9.32. The van der Waals surface area contributed by atoms with Gasteiger partial charge in [0.05, 0.1) is 11.5 Å². The van der Waals surface area contributed by atoms with Gasteiger partial charge in [0.2, 0.25) is 0 Å². The Kier molecular flexibility index (Phi) is 8.27. The van der Waals surface area contributed by atoms with Gasteiger partial charge in [-0.3, -0.25) is 4.79 Å². The fraction of sp³-hybridized carbons (Fsp3) is 0.680. The van der Waals surface area contributed by atoms with Crippen molar-refractivity contribution in [3.05, 3.63) is 29.6 Å². The van der Waals surface area contributed by atoms with E-state index < -0.39 is 5.82 Å². The third-order valence-electron chi connectivity index (χ3n) is 7.41. The lowest BCUT2D eigenvalue weighted by Gasteiger charge is -2.33. The van der Waals surface area contributed by atoms with E-state index in [9.17, 15) is 9.18 Å². The molecule has 30 heavy (non-hydrogen) atoms. The molecule has 164 valence electrons. The van der Waals surface area contributed by atoms with Crippen molar-refractivity contribution < 1.29 is 13.9 Å². The first kappa shape index (κ1) is 22.7. The first-order chi connectivity index (χ1) is 14.5. The molecule has 1 aromatic rings. The van der Waals surface area contributed by atoms with E-state index in [1.165, 1.54) is 50.7 Å². The summed E-state index contributed by atoms with van der Waals surface area (Å²) in [6, 6.07) is 6.08. The van der Waals surface area contributed by atoms with Crippen molar-refractivity contribution in [2.45, 2.75) is 83.6 Å². The van der Waals surface area contributed by atoms with Crippen LogP contribution in [0.15, 0.2) is 18.2 Å². The van der Waals surface area contributed by atoms with E-state index in [1.54, 1.807) is 6.07 Å². The number of nitrogens with zero attached hydrogens (tertiary/aromatic N) is 1. The van der Waals surface area contributed by atoms with Gasteiger partial charge in [0, 0.05) is 12.1 Å². The summed E-state index contributed by atoms with van der Waals surface area (Å²) >= 11 is 0. The zero-order valence-electron chi connectivity index (χ0n) is 18.1. The van der Waals surface area contributed by atoms with Gasteiger partial charge in [-0.1, -0.05) is 32.6 Å². The summed E-state index contributed by atoms with van der Waals surface area (Å²) in [6.45, 7) is 2.19. The van der Waals surface area contributed by atoms with Gasteiger partial charge in [0.1, 0.15) is 17.6 Å². The van der Waals surface area contributed by atoms with Crippen LogP contribution in [0.4, 0.5) is 4.39 Å². The minimum absolute atomic E-state index is 0.0444. The average Bonchev–Trinajstić information content (AvgIpc) is 2.78. The summed E-state index contributed by atoms with van der Waals surface area (Å²) in [5.41, 5.74) is 6.18. The standard InChI is InChI=1S/C25H35FN2O2/c1-2-24(28)19-9-5-17(6-10-19)3-4-18-7-11-20(12-8-18)25(29)30-22-14-13-21(16-27)23(26)15-22/h13-15,17-20,24H,2-12,28H2,1H3. The van der Waals surface area contributed by atoms with E-state index in [1.807, 2.05) is 0 Å². The fourth-order valence-electron chi connectivity index (χ4n) is 5.25. The number of benzene rings is 1. The van der Waals surface area contributed by atoms with Crippen LogP contribution >= 0.6 is 0 Å². The number of nitriles is 1. The summed E-state index contributed by atoms with van der Waals surface area (Å²) in [4.78, 5) is 12.4. The molecule has 0 aromatic heterocycles. The quantitative estimate of drug-likeness (QED) is 0.456. The highest BCUT2D eigenvalue weighted by Crippen LogP contribution is 2.37. The summed E-state index contributed by atoms with van der Waals surface area (Å²) in [6.07, 6.45) is 12.7. The first-order valence-corrected chi connectivity index (χ1v) is 11.7. The van der Waals surface area contributed by atoms with Crippen LogP contribution in [-0.4, -0.2) is 12.0 Å². The molecule has 2 N–H and O–H groups in total. The molecule has 0 spiro atoms. The highest BCUT2D eigenvalue weighted by atomic mass is 19.1. The largest absolute Gasteiger partial charge is 0.426 e. The van der Waals surface area contributed by atoms with Gasteiger partial charge >= 0.3 is 5.97 Å². The Morgan fingerprint density at radius 1 is 1.13 bits per heavy atom. The van der Waals surface area contributed by atoms with Crippen LogP contribution in [0, 0.1) is 40.8 Å². The van der Waals surface area contributed by atoms with Crippen molar-refractivity contribution >= 4 is 5.97 Å². The van der Waals surface area contributed by atoms with Crippen LogP contribution in [0.2, 0.25) is 0 Å². The Morgan fingerprint density at radius 2 is 1.73 bits per heavy atom. The number of carbonyl (C=O) groups is 1. The van der Waals surface area contributed by atoms with E-state index >= 15 is 0 Å². The lowest BCUT2D eigenvalue weighted by Crippen LogP contribution is -2.32. The molecule has 0 bridgehead atoms. The van der Waals surface area contributed by atoms with Gasteiger partial charge in [0.15, 0.2) is 0 Å². The average molecular weight is 415 g/mol. The zero-order valence-corrected chi connectivity index (χ0v) is 18.1. The maximum atomic E-state index is 13.7. The molecule has 4 nitrogen and oxygen atoms in total. The van der Waals surface area contributed by atoms with E-state index in [-0.39, 0.29) is 23.2 Å². The Labute approximate surface area is 180 Å². The number of esters is 1. The summed E-state index contributed by atoms with van der Waals surface area (Å²) in [5.74, 6) is 1.41. The molecule has 3 rings (SSSR count). The van der Waals surface area contributed by atoms with Crippen molar-refractivity contribution in [3.8, 4) is 11.8 Å². The summed E-state index contributed by atoms with van der Waals surface area (Å²) in [7, 11) is 0. The third kappa shape index (κ3) is 6.04. The molecule has 2 aliphatic carbocycles. The molecular weight excluding hydrogens is 379 g/mol. The van der Waals surface area contributed by atoms with Gasteiger partial charge in [0.25, 0.3) is 0 Å². The van der Waals surface area contributed by atoms with Gasteiger partial charge in [-0.2, -0.15) is 5.26 Å². The highest BCUT2D eigenvalue weighted by Gasteiger charge is 2.29. The van der Waals surface area contributed by atoms with Crippen LogP contribution in [0.25, 0.3) is 0 Å². The Hall–Kier alpha value is -1.93. The minimum atomic E-state index is -0.655. The molecule has 1 aromatic carbocycles. The van der Waals surface area contributed by atoms with Crippen LogP contribution < -0.4 is 10.5 Å². The van der Waals surface area contributed by atoms with Crippen LogP contribution in [0.1, 0.15) is 83.1 Å². The number of ether oxygens (including phenoxy) is 1. The number of rotatable bonds is 7. The topological polar surface area (TPSA) is 76.1 Å². The highest BCUT2D eigenvalue weighted by molar-refractivity contribution is 5.75. The Balaban J connectivity index is 1.36. The normalized spacial score (nSPS) is 27.8. The van der Waals surface area contributed by atoms with Crippen LogP contribution in [-0.2, 0) is 4.79 Å². The monoisotopic (exact) mass is 414 g/mol. The molecule has 2 fully saturated rings. The molecule has 0 amide bonds. The van der Waals surface area contributed by atoms with Crippen molar-refractivity contribution in [1.82, 2.24) is 0 Å². The number of halogens is 1. The molecule has 2 aliphatic rings. The van der Waals surface area contributed by atoms with Gasteiger partial charge in [-0.05, 0) is 74.8 Å². The molecule has 0 saturated heterocycles. The molecule has 0 aliphatic heterocycles. The Bertz CT molecular complexity index is 744. The third-order valence-corrected chi connectivity index (χ3v) is 7.41. The molecule has 0 heterocycles. The molecule has 5 heteroatoms. The fourth-order valence-corrected chi connectivity index (χ4v) is 5.25. The molecule has 2 saturated carbocycles. The smallest absolute Gasteiger partial charge is 0.314 e. The van der Waals surface area contributed by atoms with Gasteiger partial charge in [-0.15, -0.1) is 0 Å². The minimum Gasteiger partial charge on any atom is -0.426 e. The number of hydrogen-bond donors (Lipinski definition) is 1. The lowest BCUT2D eigenvalue weighted by molar-refractivity contribution is -0.140. The van der Waals surface area contributed by atoms with Crippen molar-refractivity contribution in [2.75, 3.05) is 0 Å². The predicted molar refractivity (Wildman–Crippen MR) is 115 cm³/mol. The molecular formula is C25H35FN2O2. The van der Waals surface area contributed by atoms with Gasteiger partial charge < -0.3 is 10.5 Å². The molecule has 0 radical (unpaired) electrons. The van der Waals surface area contributed by atoms with E-state index in [4.69, 9.17) is 15.7 Å². The predicted octanol–water partition coefficient (Wildman–Crippen LogP) is 5.73.